The van der Waals surface area contributed by atoms with Crippen molar-refractivity contribution in [1.29, 1.82) is 0 Å². The summed E-state index contributed by atoms with van der Waals surface area (Å²) < 4.78 is 11.1. The van der Waals surface area contributed by atoms with Crippen LogP contribution in [0.5, 0.6) is 11.5 Å². The number of rotatable bonds is 5. The van der Waals surface area contributed by atoms with Crippen molar-refractivity contribution in [1.82, 2.24) is 4.90 Å². The number of aliphatic hydroxyl groups is 1. The Morgan fingerprint density at radius 1 is 1.23 bits per heavy atom. The van der Waals surface area contributed by atoms with Crippen molar-refractivity contribution in [3.63, 3.8) is 0 Å². The number of hydrogen-bond donors (Lipinski definition) is 1. The lowest BCUT2D eigenvalue weighted by atomic mass is 9.98. The number of piperidine rings is 1. The van der Waals surface area contributed by atoms with Gasteiger partial charge in [-0.25, -0.2) is 0 Å². The number of aliphatic hydroxyl groups excluding tert-OH is 1. The summed E-state index contributed by atoms with van der Waals surface area (Å²) in [6.45, 7) is 5.58. The lowest BCUT2D eigenvalue weighted by molar-refractivity contribution is 0.101. The van der Waals surface area contributed by atoms with Gasteiger partial charge in [0.2, 0.25) is 0 Å². The predicted molar refractivity (Wildman–Crippen MR) is 86.5 cm³/mol. The van der Waals surface area contributed by atoms with E-state index >= 15 is 0 Å². The standard InChI is InChI=1S/C18H27NO3/c1-2-15-5-3-4-9-19(15)10-8-16(20)14-6-7-17-18(13-14)22-12-11-21-17/h6-7,13,15-16,20H,2-5,8-12H2,1H3. The van der Waals surface area contributed by atoms with Crippen molar-refractivity contribution in [2.24, 2.45) is 0 Å². The Labute approximate surface area is 133 Å². The molecule has 2 atom stereocenters. The summed E-state index contributed by atoms with van der Waals surface area (Å²) in [5.74, 6) is 1.54. The van der Waals surface area contributed by atoms with Crippen LogP contribution in [0.2, 0.25) is 0 Å². The first-order chi connectivity index (χ1) is 10.8. The van der Waals surface area contributed by atoms with Crippen molar-refractivity contribution < 1.29 is 14.6 Å². The van der Waals surface area contributed by atoms with Crippen LogP contribution >= 0.6 is 0 Å². The molecule has 1 aromatic carbocycles. The summed E-state index contributed by atoms with van der Waals surface area (Å²) in [5, 5.41) is 10.5. The highest BCUT2D eigenvalue weighted by Gasteiger charge is 2.22. The maximum absolute atomic E-state index is 10.5. The average Bonchev–Trinajstić information content (AvgIpc) is 2.59. The lowest BCUT2D eigenvalue weighted by Crippen LogP contribution is -2.40. The molecule has 0 aromatic heterocycles. The van der Waals surface area contributed by atoms with Gasteiger partial charge in [0.05, 0.1) is 6.10 Å². The highest BCUT2D eigenvalue weighted by atomic mass is 16.6. The van der Waals surface area contributed by atoms with Crippen molar-refractivity contribution in [3.8, 4) is 11.5 Å². The molecule has 0 radical (unpaired) electrons. The molecule has 122 valence electrons. The van der Waals surface area contributed by atoms with E-state index in [0.717, 1.165) is 30.0 Å². The van der Waals surface area contributed by atoms with E-state index in [1.54, 1.807) is 0 Å². The molecule has 0 aliphatic carbocycles. The highest BCUT2D eigenvalue weighted by molar-refractivity contribution is 5.44. The van der Waals surface area contributed by atoms with Crippen molar-refractivity contribution in [3.05, 3.63) is 23.8 Å². The van der Waals surface area contributed by atoms with Gasteiger partial charge in [-0.05, 0) is 49.9 Å². The Kier molecular flexibility index (Phi) is 5.21. The molecule has 1 N–H and O–H groups in total. The zero-order valence-corrected chi connectivity index (χ0v) is 13.5. The number of hydrogen-bond acceptors (Lipinski definition) is 4. The summed E-state index contributed by atoms with van der Waals surface area (Å²) in [7, 11) is 0. The fourth-order valence-electron chi connectivity index (χ4n) is 3.54. The molecule has 1 fully saturated rings. The van der Waals surface area contributed by atoms with Gasteiger partial charge in [-0.15, -0.1) is 0 Å². The van der Waals surface area contributed by atoms with Gasteiger partial charge in [0.1, 0.15) is 13.2 Å². The molecule has 1 aromatic rings. The van der Waals surface area contributed by atoms with Crippen LogP contribution in [-0.4, -0.2) is 42.4 Å². The third-order valence-electron chi connectivity index (χ3n) is 4.86. The smallest absolute Gasteiger partial charge is 0.161 e. The van der Waals surface area contributed by atoms with Crippen LogP contribution < -0.4 is 9.47 Å². The van der Waals surface area contributed by atoms with Gasteiger partial charge in [-0.3, -0.25) is 0 Å². The molecule has 2 aliphatic rings. The van der Waals surface area contributed by atoms with Gasteiger partial charge < -0.3 is 19.5 Å². The zero-order valence-electron chi connectivity index (χ0n) is 13.5. The number of nitrogens with zero attached hydrogens (tertiary/aromatic N) is 1. The fourth-order valence-corrected chi connectivity index (χ4v) is 3.54. The average molecular weight is 305 g/mol. The molecule has 2 aliphatic heterocycles. The van der Waals surface area contributed by atoms with Gasteiger partial charge >= 0.3 is 0 Å². The molecular weight excluding hydrogens is 278 g/mol. The van der Waals surface area contributed by atoms with Gasteiger partial charge in [-0.1, -0.05) is 19.4 Å². The Hall–Kier alpha value is -1.26. The van der Waals surface area contributed by atoms with Crippen LogP contribution in [0, 0.1) is 0 Å². The molecule has 3 rings (SSSR count). The summed E-state index contributed by atoms with van der Waals surface area (Å²) >= 11 is 0. The third-order valence-corrected chi connectivity index (χ3v) is 4.86. The first-order valence-electron chi connectivity index (χ1n) is 8.59. The van der Waals surface area contributed by atoms with Crippen LogP contribution in [0.15, 0.2) is 18.2 Å². The Morgan fingerprint density at radius 3 is 2.86 bits per heavy atom. The first-order valence-corrected chi connectivity index (χ1v) is 8.59. The minimum absolute atomic E-state index is 0.435. The van der Waals surface area contributed by atoms with E-state index in [9.17, 15) is 5.11 Å². The van der Waals surface area contributed by atoms with Crippen molar-refractivity contribution in [2.75, 3.05) is 26.3 Å². The van der Waals surface area contributed by atoms with Crippen molar-refractivity contribution >= 4 is 0 Å². The molecule has 0 saturated carbocycles. The molecule has 4 heteroatoms. The number of likely N-dealkylation sites (tertiary alicyclic amines) is 1. The first kappa shape index (κ1) is 15.6. The molecule has 2 unspecified atom stereocenters. The lowest BCUT2D eigenvalue weighted by Gasteiger charge is -2.35. The maximum atomic E-state index is 10.5. The second-order valence-electron chi connectivity index (χ2n) is 6.30. The Bertz CT molecular complexity index is 491. The molecule has 0 bridgehead atoms. The van der Waals surface area contributed by atoms with E-state index in [-0.39, 0.29) is 0 Å². The Balaban J connectivity index is 1.58. The van der Waals surface area contributed by atoms with E-state index < -0.39 is 6.10 Å². The van der Waals surface area contributed by atoms with Gasteiger partial charge in [-0.2, -0.15) is 0 Å². The maximum Gasteiger partial charge on any atom is 0.161 e. The largest absolute Gasteiger partial charge is 0.486 e. The van der Waals surface area contributed by atoms with Crippen LogP contribution in [0.4, 0.5) is 0 Å². The monoisotopic (exact) mass is 305 g/mol. The van der Waals surface area contributed by atoms with E-state index in [1.807, 2.05) is 18.2 Å². The molecule has 2 heterocycles. The minimum Gasteiger partial charge on any atom is -0.486 e. The summed E-state index contributed by atoms with van der Waals surface area (Å²) in [6.07, 6.45) is 5.48. The number of fused-ring (bicyclic) bond motifs is 1. The van der Waals surface area contributed by atoms with Crippen LogP contribution in [0.3, 0.4) is 0 Å². The van der Waals surface area contributed by atoms with Crippen LogP contribution in [-0.2, 0) is 0 Å². The quantitative estimate of drug-likeness (QED) is 0.907. The van der Waals surface area contributed by atoms with Gasteiger partial charge in [0.15, 0.2) is 11.5 Å². The van der Waals surface area contributed by atoms with Crippen LogP contribution in [0.25, 0.3) is 0 Å². The van der Waals surface area contributed by atoms with E-state index in [1.165, 1.54) is 32.2 Å². The molecule has 0 amide bonds. The van der Waals surface area contributed by atoms with Crippen LogP contribution in [0.1, 0.15) is 50.7 Å². The Morgan fingerprint density at radius 2 is 2.05 bits per heavy atom. The molecule has 0 spiro atoms. The number of ether oxygens (including phenoxy) is 2. The fraction of sp³-hybridized carbons (Fsp3) is 0.667. The predicted octanol–water partition coefficient (Wildman–Crippen LogP) is 3.15. The van der Waals surface area contributed by atoms with Crippen molar-refractivity contribution in [2.45, 2.75) is 51.2 Å². The molecule has 4 nitrogen and oxygen atoms in total. The molecule has 1 saturated heterocycles. The summed E-state index contributed by atoms with van der Waals surface area (Å²) in [5.41, 5.74) is 0.925. The van der Waals surface area contributed by atoms with Gasteiger partial charge in [0, 0.05) is 12.6 Å². The SMILES string of the molecule is CCC1CCCCN1CCC(O)c1ccc2c(c1)OCCO2. The second kappa shape index (κ2) is 7.34. The normalized spacial score (nSPS) is 23.3. The zero-order chi connectivity index (χ0) is 15.4. The number of benzene rings is 1. The van der Waals surface area contributed by atoms with E-state index in [0.29, 0.717) is 19.3 Å². The topological polar surface area (TPSA) is 41.9 Å². The van der Waals surface area contributed by atoms with E-state index in [2.05, 4.69) is 11.8 Å². The third kappa shape index (κ3) is 3.55. The highest BCUT2D eigenvalue weighted by Crippen LogP contribution is 2.33. The minimum atomic E-state index is -0.435. The second-order valence-corrected chi connectivity index (χ2v) is 6.30. The molecular formula is C18H27NO3. The summed E-state index contributed by atoms with van der Waals surface area (Å²) in [6, 6.07) is 6.47. The van der Waals surface area contributed by atoms with E-state index in [4.69, 9.17) is 9.47 Å². The molecule has 22 heavy (non-hydrogen) atoms. The summed E-state index contributed by atoms with van der Waals surface area (Å²) in [4.78, 5) is 2.55. The van der Waals surface area contributed by atoms with Gasteiger partial charge in [0.25, 0.3) is 0 Å².